The van der Waals surface area contributed by atoms with Gasteiger partial charge in [0.05, 0.1) is 15.6 Å². The minimum absolute atomic E-state index is 0. The fourth-order valence-electron chi connectivity index (χ4n) is 3.61. The summed E-state index contributed by atoms with van der Waals surface area (Å²) in [4.78, 5) is 19.3. The van der Waals surface area contributed by atoms with Crippen molar-refractivity contribution in [3.05, 3.63) is 27.4 Å². The highest BCUT2D eigenvalue weighted by Crippen LogP contribution is 2.38. The Balaban J connectivity index is 0.00000243. The number of aryl methyl sites for hydroxylation is 1. The van der Waals surface area contributed by atoms with Crippen LogP contribution >= 0.6 is 35.1 Å². The molecule has 0 radical (unpaired) electrons. The van der Waals surface area contributed by atoms with Gasteiger partial charge in [-0.3, -0.25) is 4.79 Å². The molecule has 1 amide bonds. The van der Waals surface area contributed by atoms with Crippen LogP contribution < -0.4 is 11.1 Å². The number of rotatable bonds is 7. The van der Waals surface area contributed by atoms with Gasteiger partial charge in [0.25, 0.3) is 0 Å². The van der Waals surface area contributed by atoms with Crippen LogP contribution in [0.5, 0.6) is 0 Å². The van der Waals surface area contributed by atoms with E-state index in [1.54, 1.807) is 22.7 Å². The number of carbonyl (C=O) groups excluding carboxylic acids is 1. The standard InChI is InChI=1S/C19H27N3OS2.ClH/c1-14-22-16(12-24-14)17-6-5-15(25-17)7-10-21-18(23)11-19(13-20)8-3-2-4-9-19;/h5-6,12H,2-4,7-11,13,20H2,1H3,(H,21,23);1H. The van der Waals surface area contributed by atoms with Crippen LogP contribution in [0.4, 0.5) is 0 Å². The van der Waals surface area contributed by atoms with Crippen molar-refractivity contribution in [3.8, 4) is 10.6 Å². The summed E-state index contributed by atoms with van der Waals surface area (Å²) in [5, 5.41) is 6.28. The number of nitrogens with zero attached hydrogens (tertiary/aromatic N) is 1. The van der Waals surface area contributed by atoms with E-state index in [2.05, 4.69) is 27.8 Å². The monoisotopic (exact) mass is 413 g/mol. The molecule has 0 bridgehead atoms. The van der Waals surface area contributed by atoms with E-state index in [0.717, 1.165) is 30.0 Å². The molecule has 0 unspecified atom stereocenters. The highest BCUT2D eigenvalue weighted by molar-refractivity contribution is 7.16. The number of hydrogen-bond acceptors (Lipinski definition) is 5. The van der Waals surface area contributed by atoms with Crippen molar-refractivity contribution in [2.45, 2.75) is 51.9 Å². The summed E-state index contributed by atoms with van der Waals surface area (Å²) in [6.45, 7) is 3.34. The Kier molecular flexibility index (Phi) is 8.07. The zero-order valence-corrected chi connectivity index (χ0v) is 17.7. The number of carbonyl (C=O) groups is 1. The van der Waals surface area contributed by atoms with E-state index in [9.17, 15) is 4.79 Å². The number of hydrogen-bond donors (Lipinski definition) is 2. The summed E-state index contributed by atoms with van der Waals surface area (Å²) < 4.78 is 0. The van der Waals surface area contributed by atoms with Crippen molar-refractivity contribution >= 4 is 41.0 Å². The van der Waals surface area contributed by atoms with Gasteiger partial charge < -0.3 is 11.1 Å². The molecule has 3 N–H and O–H groups in total. The lowest BCUT2D eigenvalue weighted by molar-refractivity contribution is -0.123. The quantitative estimate of drug-likeness (QED) is 0.699. The number of nitrogens with one attached hydrogen (secondary N) is 1. The summed E-state index contributed by atoms with van der Waals surface area (Å²) in [6, 6.07) is 4.27. The number of thiophene rings is 1. The molecule has 0 aromatic carbocycles. The van der Waals surface area contributed by atoms with Gasteiger partial charge in [-0.05, 0) is 50.3 Å². The molecule has 2 heterocycles. The van der Waals surface area contributed by atoms with Crippen molar-refractivity contribution in [1.82, 2.24) is 10.3 Å². The lowest BCUT2D eigenvalue weighted by Gasteiger charge is -2.35. The number of halogens is 1. The number of thiazole rings is 1. The van der Waals surface area contributed by atoms with E-state index in [4.69, 9.17) is 5.73 Å². The Morgan fingerprint density at radius 3 is 2.73 bits per heavy atom. The second kappa shape index (κ2) is 9.83. The summed E-state index contributed by atoms with van der Waals surface area (Å²) in [5.41, 5.74) is 7.09. The van der Waals surface area contributed by atoms with E-state index >= 15 is 0 Å². The van der Waals surface area contributed by atoms with Crippen LogP contribution in [-0.2, 0) is 11.2 Å². The maximum absolute atomic E-state index is 12.3. The largest absolute Gasteiger partial charge is 0.356 e. The number of nitrogens with two attached hydrogens (primary N) is 1. The Morgan fingerprint density at radius 1 is 1.31 bits per heavy atom. The van der Waals surface area contributed by atoms with E-state index in [1.807, 2.05) is 6.92 Å². The first-order chi connectivity index (χ1) is 12.1. The maximum atomic E-state index is 12.3. The third-order valence-electron chi connectivity index (χ3n) is 5.11. The van der Waals surface area contributed by atoms with Gasteiger partial charge in [0.2, 0.25) is 5.91 Å². The van der Waals surface area contributed by atoms with E-state index in [1.165, 1.54) is 29.0 Å². The minimum atomic E-state index is 0. The molecule has 0 spiro atoms. The van der Waals surface area contributed by atoms with Gasteiger partial charge in [0.1, 0.15) is 0 Å². The molecule has 0 aliphatic heterocycles. The molecule has 7 heteroatoms. The minimum Gasteiger partial charge on any atom is -0.356 e. The first-order valence-corrected chi connectivity index (χ1v) is 10.8. The second-order valence-electron chi connectivity index (χ2n) is 7.06. The van der Waals surface area contributed by atoms with Crippen molar-refractivity contribution in [2.24, 2.45) is 11.1 Å². The van der Waals surface area contributed by atoms with E-state index < -0.39 is 0 Å². The van der Waals surface area contributed by atoms with Crippen LogP contribution in [0.15, 0.2) is 17.5 Å². The Morgan fingerprint density at radius 2 is 2.08 bits per heavy atom. The average molecular weight is 414 g/mol. The molecule has 1 fully saturated rings. The molecular formula is C19H28ClN3OS2. The van der Waals surface area contributed by atoms with Gasteiger partial charge in [-0.1, -0.05) is 19.3 Å². The molecule has 3 rings (SSSR count). The van der Waals surface area contributed by atoms with Crippen molar-refractivity contribution in [2.75, 3.05) is 13.1 Å². The van der Waals surface area contributed by atoms with E-state index in [0.29, 0.717) is 19.5 Å². The van der Waals surface area contributed by atoms with Gasteiger partial charge >= 0.3 is 0 Å². The first-order valence-electron chi connectivity index (χ1n) is 9.08. The molecule has 1 saturated carbocycles. The van der Waals surface area contributed by atoms with Crippen molar-refractivity contribution in [3.63, 3.8) is 0 Å². The Bertz CT molecular complexity index is 707. The lowest BCUT2D eigenvalue weighted by atomic mass is 9.71. The first kappa shape index (κ1) is 21.4. The Hall–Kier alpha value is -0.950. The third-order valence-corrected chi connectivity index (χ3v) is 7.05. The molecule has 144 valence electrons. The molecule has 4 nitrogen and oxygen atoms in total. The summed E-state index contributed by atoms with van der Waals surface area (Å²) in [6.07, 6.45) is 7.34. The van der Waals surface area contributed by atoms with Crippen LogP contribution in [0.25, 0.3) is 10.6 Å². The topological polar surface area (TPSA) is 68.0 Å². The predicted molar refractivity (Wildman–Crippen MR) is 113 cm³/mol. The van der Waals surface area contributed by atoms with Crippen molar-refractivity contribution in [1.29, 1.82) is 0 Å². The third kappa shape index (κ3) is 5.52. The summed E-state index contributed by atoms with van der Waals surface area (Å²) in [5.74, 6) is 0.152. The molecule has 0 atom stereocenters. The van der Waals surface area contributed by atoms with Gasteiger partial charge in [0, 0.05) is 23.2 Å². The van der Waals surface area contributed by atoms with Gasteiger partial charge in [-0.2, -0.15) is 0 Å². The normalized spacial score (nSPS) is 16.1. The number of aromatic nitrogens is 1. The average Bonchev–Trinajstić information content (AvgIpc) is 3.24. The van der Waals surface area contributed by atoms with Crippen LogP contribution in [0.2, 0.25) is 0 Å². The maximum Gasteiger partial charge on any atom is 0.220 e. The van der Waals surface area contributed by atoms with E-state index in [-0.39, 0.29) is 23.7 Å². The van der Waals surface area contributed by atoms with Crippen LogP contribution in [-0.4, -0.2) is 24.0 Å². The van der Waals surface area contributed by atoms with Crippen molar-refractivity contribution < 1.29 is 4.79 Å². The van der Waals surface area contributed by atoms with Crippen LogP contribution in [0.1, 0.15) is 48.4 Å². The van der Waals surface area contributed by atoms with Gasteiger partial charge in [0.15, 0.2) is 0 Å². The lowest BCUT2D eigenvalue weighted by Crippen LogP contribution is -2.39. The zero-order chi connectivity index (χ0) is 17.7. The van der Waals surface area contributed by atoms with Gasteiger partial charge in [-0.15, -0.1) is 35.1 Å². The summed E-state index contributed by atoms with van der Waals surface area (Å²) in [7, 11) is 0. The fourth-order valence-corrected chi connectivity index (χ4v) is 5.27. The van der Waals surface area contributed by atoms with Gasteiger partial charge in [-0.25, -0.2) is 4.98 Å². The molecule has 1 aliphatic carbocycles. The smallest absolute Gasteiger partial charge is 0.220 e. The molecular weight excluding hydrogens is 386 g/mol. The highest BCUT2D eigenvalue weighted by Gasteiger charge is 2.32. The molecule has 1 aliphatic rings. The molecule has 2 aromatic heterocycles. The SMILES string of the molecule is Cc1nc(-c2ccc(CCNC(=O)CC3(CN)CCCCC3)s2)cs1.Cl. The predicted octanol–water partition coefficient (Wildman–Crippen LogP) is 4.56. The molecule has 26 heavy (non-hydrogen) atoms. The van der Waals surface area contributed by atoms with Crippen LogP contribution in [0.3, 0.4) is 0 Å². The molecule has 0 saturated heterocycles. The fraction of sp³-hybridized carbons (Fsp3) is 0.579. The summed E-state index contributed by atoms with van der Waals surface area (Å²) >= 11 is 3.44. The second-order valence-corrected chi connectivity index (χ2v) is 9.29. The van der Waals surface area contributed by atoms with Crippen LogP contribution in [0, 0.1) is 12.3 Å². The highest BCUT2D eigenvalue weighted by atomic mass is 35.5. The Labute approximate surface area is 170 Å². The zero-order valence-electron chi connectivity index (χ0n) is 15.3. The molecule has 2 aromatic rings. The number of amides is 1.